The normalized spacial score (nSPS) is 10.7. The number of amides is 1. The summed E-state index contributed by atoms with van der Waals surface area (Å²) in [4.78, 5) is 16.3. The van der Waals surface area contributed by atoms with Crippen LogP contribution in [0.1, 0.15) is 23.7 Å². The van der Waals surface area contributed by atoms with Crippen LogP contribution in [0.4, 0.5) is 0 Å². The number of carbonyl (C=O) groups excluding carboxylic acids is 1. The molecule has 0 unspecified atom stereocenters. The maximum Gasteiger partial charge on any atom is 0.251 e. The number of aromatic hydroxyl groups is 1. The third-order valence-corrected chi connectivity index (χ3v) is 2.95. The highest BCUT2D eigenvalue weighted by molar-refractivity contribution is 14.0. The van der Waals surface area contributed by atoms with Gasteiger partial charge in [-0.2, -0.15) is 0 Å². The van der Waals surface area contributed by atoms with Crippen LogP contribution in [0.2, 0.25) is 0 Å². The Kier molecular flexibility index (Phi) is 13.0. The van der Waals surface area contributed by atoms with Crippen molar-refractivity contribution in [3.8, 4) is 5.75 Å². The molecular weight excluding hydrogens is 423 g/mol. The van der Waals surface area contributed by atoms with Crippen LogP contribution in [-0.4, -0.2) is 56.9 Å². The van der Waals surface area contributed by atoms with Crippen molar-refractivity contribution >= 4 is 35.8 Å². The highest BCUT2D eigenvalue weighted by Crippen LogP contribution is 2.09. The number of guanidine groups is 1. The van der Waals surface area contributed by atoms with Crippen LogP contribution in [0.15, 0.2) is 29.3 Å². The van der Waals surface area contributed by atoms with E-state index >= 15 is 0 Å². The summed E-state index contributed by atoms with van der Waals surface area (Å²) in [5, 5.41) is 18.3. The number of hydrogen-bond donors (Lipinski definition) is 4. The van der Waals surface area contributed by atoms with Gasteiger partial charge in [0.05, 0.1) is 0 Å². The van der Waals surface area contributed by atoms with Crippen LogP contribution >= 0.6 is 24.0 Å². The van der Waals surface area contributed by atoms with Gasteiger partial charge in [-0.15, -0.1) is 24.0 Å². The standard InChI is InChI=1S/C16H26N4O3.HI/c1-3-17-16(19-9-4-12-23-2)20-11-10-18-15(22)13-5-7-14(21)8-6-13;/h5-8,21H,3-4,9-12H2,1-2H3,(H,18,22)(H2,17,19,20);1H. The first-order valence-electron chi connectivity index (χ1n) is 7.75. The van der Waals surface area contributed by atoms with E-state index in [1.54, 1.807) is 19.2 Å². The lowest BCUT2D eigenvalue weighted by Gasteiger charge is -2.12. The summed E-state index contributed by atoms with van der Waals surface area (Å²) >= 11 is 0. The monoisotopic (exact) mass is 450 g/mol. The summed E-state index contributed by atoms with van der Waals surface area (Å²) < 4.78 is 4.98. The Hall–Kier alpha value is -1.55. The van der Waals surface area contributed by atoms with E-state index in [1.807, 2.05) is 6.92 Å². The van der Waals surface area contributed by atoms with E-state index in [1.165, 1.54) is 12.1 Å². The van der Waals surface area contributed by atoms with Crippen LogP contribution in [0, 0.1) is 0 Å². The first-order chi connectivity index (χ1) is 11.2. The van der Waals surface area contributed by atoms with Gasteiger partial charge in [-0.1, -0.05) is 0 Å². The molecule has 0 aromatic heterocycles. The first-order valence-corrected chi connectivity index (χ1v) is 7.75. The number of nitrogens with one attached hydrogen (secondary N) is 3. The van der Waals surface area contributed by atoms with Crippen LogP contribution < -0.4 is 16.0 Å². The molecule has 0 aliphatic rings. The third kappa shape index (κ3) is 9.56. The van der Waals surface area contributed by atoms with Gasteiger partial charge in [0.2, 0.25) is 0 Å². The number of aliphatic imine (C=N–C) groups is 1. The van der Waals surface area contributed by atoms with E-state index in [4.69, 9.17) is 4.74 Å². The van der Waals surface area contributed by atoms with Crippen molar-refractivity contribution in [2.45, 2.75) is 13.3 Å². The van der Waals surface area contributed by atoms with Gasteiger partial charge in [0.25, 0.3) is 5.91 Å². The minimum atomic E-state index is -0.172. The summed E-state index contributed by atoms with van der Waals surface area (Å²) in [5.74, 6) is 0.694. The van der Waals surface area contributed by atoms with Crippen molar-refractivity contribution in [2.75, 3.05) is 39.9 Å². The zero-order valence-corrected chi connectivity index (χ0v) is 16.5. The van der Waals surface area contributed by atoms with E-state index in [0.717, 1.165) is 18.9 Å². The van der Waals surface area contributed by atoms with Crippen molar-refractivity contribution in [1.82, 2.24) is 16.0 Å². The van der Waals surface area contributed by atoms with Gasteiger partial charge in [0.1, 0.15) is 5.75 Å². The molecule has 0 fully saturated rings. The molecule has 24 heavy (non-hydrogen) atoms. The van der Waals surface area contributed by atoms with Crippen molar-refractivity contribution in [3.63, 3.8) is 0 Å². The molecule has 1 amide bonds. The summed E-state index contributed by atoms with van der Waals surface area (Å²) in [5.41, 5.74) is 0.517. The molecule has 4 N–H and O–H groups in total. The van der Waals surface area contributed by atoms with E-state index in [-0.39, 0.29) is 35.6 Å². The molecule has 1 rings (SSSR count). The predicted octanol–water partition coefficient (Wildman–Crippen LogP) is 1.33. The predicted molar refractivity (Wildman–Crippen MR) is 106 cm³/mol. The van der Waals surface area contributed by atoms with Gasteiger partial charge in [-0.3, -0.25) is 9.79 Å². The molecule has 8 heteroatoms. The molecular formula is C16H27IN4O3. The topological polar surface area (TPSA) is 95.0 Å². The van der Waals surface area contributed by atoms with E-state index in [0.29, 0.717) is 31.8 Å². The molecule has 1 aromatic carbocycles. The van der Waals surface area contributed by atoms with Crippen LogP contribution in [0.3, 0.4) is 0 Å². The van der Waals surface area contributed by atoms with Crippen molar-refractivity contribution in [2.24, 2.45) is 4.99 Å². The Balaban J connectivity index is 0.00000529. The summed E-state index contributed by atoms with van der Waals surface area (Å²) in [6.45, 7) is 5.19. The molecule has 0 saturated heterocycles. The molecule has 0 spiro atoms. The number of carbonyl (C=O) groups is 1. The lowest BCUT2D eigenvalue weighted by atomic mass is 10.2. The maximum atomic E-state index is 11.9. The number of ether oxygens (including phenoxy) is 1. The Morgan fingerprint density at radius 1 is 1.17 bits per heavy atom. The number of halogens is 1. The molecule has 0 atom stereocenters. The van der Waals surface area contributed by atoms with Gasteiger partial charge in [-0.25, -0.2) is 0 Å². The Morgan fingerprint density at radius 3 is 2.46 bits per heavy atom. The molecule has 0 saturated carbocycles. The molecule has 0 heterocycles. The highest BCUT2D eigenvalue weighted by Gasteiger charge is 2.04. The first kappa shape index (κ1) is 22.4. The fourth-order valence-corrected chi connectivity index (χ4v) is 1.81. The number of methoxy groups -OCH3 is 1. The van der Waals surface area contributed by atoms with Gasteiger partial charge in [0.15, 0.2) is 5.96 Å². The Labute approximate surface area is 160 Å². The molecule has 7 nitrogen and oxygen atoms in total. The number of benzene rings is 1. The minimum Gasteiger partial charge on any atom is -0.508 e. The quantitative estimate of drug-likeness (QED) is 0.197. The number of nitrogens with zero attached hydrogens (tertiary/aromatic N) is 1. The average Bonchev–Trinajstić information content (AvgIpc) is 2.55. The van der Waals surface area contributed by atoms with E-state index < -0.39 is 0 Å². The van der Waals surface area contributed by atoms with Gasteiger partial charge >= 0.3 is 0 Å². The lowest BCUT2D eigenvalue weighted by Crippen LogP contribution is -2.41. The van der Waals surface area contributed by atoms with Gasteiger partial charge in [-0.05, 0) is 37.6 Å². The second-order valence-corrected chi connectivity index (χ2v) is 4.84. The van der Waals surface area contributed by atoms with E-state index in [9.17, 15) is 9.90 Å². The largest absolute Gasteiger partial charge is 0.508 e. The second kappa shape index (κ2) is 13.8. The summed E-state index contributed by atoms with van der Waals surface area (Å²) in [6.07, 6.45) is 0.866. The van der Waals surface area contributed by atoms with Crippen LogP contribution in [-0.2, 0) is 4.74 Å². The van der Waals surface area contributed by atoms with Crippen molar-refractivity contribution in [1.29, 1.82) is 0 Å². The van der Waals surface area contributed by atoms with E-state index in [2.05, 4.69) is 20.9 Å². The van der Waals surface area contributed by atoms with Gasteiger partial charge < -0.3 is 25.8 Å². The van der Waals surface area contributed by atoms with Crippen molar-refractivity contribution < 1.29 is 14.6 Å². The zero-order chi connectivity index (χ0) is 16.9. The third-order valence-electron chi connectivity index (χ3n) is 2.95. The Morgan fingerprint density at radius 2 is 1.83 bits per heavy atom. The second-order valence-electron chi connectivity index (χ2n) is 4.84. The fourth-order valence-electron chi connectivity index (χ4n) is 1.81. The Bertz CT molecular complexity index is 495. The summed E-state index contributed by atoms with van der Waals surface area (Å²) in [7, 11) is 1.67. The highest BCUT2D eigenvalue weighted by atomic mass is 127. The molecule has 0 aliphatic heterocycles. The summed E-state index contributed by atoms with van der Waals surface area (Å²) in [6, 6.07) is 6.14. The van der Waals surface area contributed by atoms with Crippen LogP contribution in [0.5, 0.6) is 5.75 Å². The molecule has 0 aliphatic carbocycles. The van der Waals surface area contributed by atoms with Crippen molar-refractivity contribution in [3.05, 3.63) is 29.8 Å². The van der Waals surface area contributed by atoms with Crippen LogP contribution in [0.25, 0.3) is 0 Å². The smallest absolute Gasteiger partial charge is 0.251 e. The zero-order valence-electron chi connectivity index (χ0n) is 14.2. The average molecular weight is 450 g/mol. The molecule has 0 bridgehead atoms. The lowest BCUT2D eigenvalue weighted by molar-refractivity contribution is 0.0954. The number of rotatable bonds is 9. The number of phenols is 1. The maximum absolute atomic E-state index is 11.9. The number of phenolic OH excluding ortho intramolecular Hbond substituents is 1. The molecule has 136 valence electrons. The SMILES string of the molecule is CCNC(=NCCCOC)NCCNC(=O)c1ccc(O)cc1.I. The fraction of sp³-hybridized carbons (Fsp3) is 0.500. The molecule has 1 aromatic rings. The molecule has 0 radical (unpaired) electrons. The number of hydrogen-bond acceptors (Lipinski definition) is 4. The van der Waals surface area contributed by atoms with Gasteiger partial charge in [0, 0.05) is 45.5 Å². The minimum absolute atomic E-state index is 0.